The second-order valence-corrected chi connectivity index (χ2v) is 9.94. The molecule has 1 aromatic carbocycles. The number of piperidine rings is 1. The summed E-state index contributed by atoms with van der Waals surface area (Å²) < 4.78 is 84.7. The van der Waals surface area contributed by atoms with Crippen molar-refractivity contribution in [2.24, 2.45) is 0 Å². The lowest BCUT2D eigenvalue weighted by atomic mass is 9.89. The van der Waals surface area contributed by atoms with E-state index < -0.39 is 30.6 Å². The Morgan fingerprint density at radius 2 is 1.77 bits per heavy atom. The summed E-state index contributed by atoms with van der Waals surface area (Å²) in [6.45, 7) is 5.45. The predicted octanol–water partition coefficient (Wildman–Crippen LogP) is 6.50. The zero-order valence-corrected chi connectivity index (χ0v) is 22.4. The summed E-state index contributed by atoms with van der Waals surface area (Å²) in [7, 11) is 0. The van der Waals surface area contributed by atoms with Crippen molar-refractivity contribution in [1.82, 2.24) is 19.9 Å². The van der Waals surface area contributed by atoms with Gasteiger partial charge < -0.3 is 15.0 Å². The molecule has 2 aromatic heterocycles. The number of halogens is 6. The Hall–Kier alpha value is -3.64. The summed E-state index contributed by atoms with van der Waals surface area (Å²) in [5.74, 6) is 0.0201. The maximum absolute atomic E-state index is 13.5. The minimum Gasteiger partial charge on any atom is -0.468 e. The molecular weight excluding hydrogens is 540 g/mol. The number of fused-ring (bicyclic) bond motifs is 1. The van der Waals surface area contributed by atoms with Crippen molar-refractivity contribution in [1.29, 1.82) is 0 Å². The van der Waals surface area contributed by atoms with Gasteiger partial charge in [0.25, 0.3) is 0 Å². The van der Waals surface area contributed by atoms with E-state index in [9.17, 15) is 31.1 Å². The van der Waals surface area contributed by atoms with Gasteiger partial charge in [-0.25, -0.2) is 9.97 Å². The van der Waals surface area contributed by atoms with Gasteiger partial charge in [0.2, 0.25) is 11.8 Å². The molecule has 4 rings (SSSR count). The SMILES string of the molecule is CC(=O)N1CCC(c2cc3c(N[C@H](C)c4cccc(C(F)(F)F)c4C)nc(C)nc3nc2OCC(F)(F)F)CC1. The highest BCUT2D eigenvalue weighted by Crippen LogP contribution is 2.39. The van der Waals surface area contributed by atoms with Crippen LogP contribution in [0.2, 0.25) is 0 Å². The molecule has 1 fully saturated rings. The van der Waals surface area contributed by atoms with Crippen LogP contribution in [0.15, 0.2) is 24.3 Å². The van der Waals surface area contributed by atoms with E-state index >= 15 is 0 Å². The predicted molar refractivity (Wildman–Crippen MR) is 136 cm³/mol. The number of nitrogens with one attached hydrogen (secondary N) is 1. The van der Waals surface area contributed by atoms with Crippen LogP contribution in [0, 0.1) is 13.8 Å². The van der Waals surface area contributed by atoms with Gasteiger partial charge in [-0.05, 0) is 62.8 Å². The molecule has 3 heterocycles. The Morgan fingerprint density at radius 3 is 2.38 bits per heavy atom. The molecule has 1 N–H and O–H groups in total. The first-order chi connectivity index (χ1) is 18.6. The van der Waals surface area contributed by atoms with E-state index in [4.69, 9.17) is 4.74 Å². The number of aryl methyl sites for hydroxylation is 1. The number of ether oxygens (including phenoxy) is 1. The number of amides is 1. The summed E-state index contributed by atoms with van der Waals surface area (Å²) >= 11 is 0. The van der Waals surface area contributed by atoms with Gasteiger partial charge in [0.15, 0.2) is 12.3 Å². The van der Waals surface area contributed by atoms with Crippen LogP contribution < -0.4 is 10.1 Å². The summed E-state index contributed by atoms with van der Waals surface area (Å²) in [5.41, 5.74) is 0.260. The Morgan fingerprint density at radius 1 is 1.10 bits per heavy atom. The van der Waals surface area contributed by atoms with E-state index in [0.717, 1.165) is 6.07 Å². The first kappa shape index (κ1) is 29.3. The van der Waals surface area contributed by atoms with E-state index in [1.165, 1.54) is 19.9 Å². The molecule has 0 bridgehead atoms. The largest absolute Gasteiger partial charge is 0.468 e. The van der Waals surface area contributed by atoms with Crippen LogP contribution in [-0.2, 0) is 11.0 Å². The lowest BCUT2D eigenvalue weighted by molar-refractivity contribution is -0.154. The fourth-order valence-corrected chi connectivity index (χ4v) is 5.05. The van der Waals surface area contributed by atoms with Gasteiger partial charge in [0.05, 0.1) is 17.0 Å². The van der Waals surface area contributed by atoms with E-state index in [1.54, 1.807) is 30.9 Å². The average molecular weight is 570 g/mol. The van der Waals surface area contributed by atoms with Crippen molar-refractivity contribution in [2.75, 3.05) is 25.0 Å². The van der Waals surface area contributed by atoms with Gasteiger partial charge in [-0.3, -0.25) is 4.79 Å². The number of carbonyl (C=O) groups is 1. The third-order valence-electron chi connectivity index (χ3n) is 7.05. The lowest BCUT2D eigenvalue weighted by Gasteiger charge is -2.32. The number of aromatic nitrogens is 3. The number of nitrogens with zero attached hydrogens (tertiary/aromatic N) is 4. The van der Waals surface area contributed by atoms with E-state index in [0.29, 0.717) is 42.4 Å². The number of hydrogen-bond acceptors (Lipinski definition) is 6. The van der Waals surface area contributed by atoms with Gasteiger partial charge in [-0.2, -0.15) is 31.3 Å². The topological polar surface area (TPSA) is 80.2 Å². The van der Waals surface area contributed by atoms with Crippen LogP contribution in [0.3, 0.4) is 0 Å². The van der Waals surface area contributed by atoms with Crippen molar-refractivity contribution in [3.8, 4) is 5.88 Å². The second kappa shape index (κ2) is 11.1. The minimum atomic E-state index is -4.58. The summed E-state index contributed by atoms with van der Waals surface area (Å²) in [4.78, 5) is 26.5. The molecule has 0 radical (unpaired) electrons. The molecule has 13 heteroatoms. The van der Waals surface area contributed by atoms with Gasteiger partial charge >= 0.3 is 12.4 Å². The van der Waals surface area contributed by atoms with Crippen molar-refractivity contribution in [3.05, 3.63) is 52.3 Å². The number of carbonyl (C=O) groups excluding carboxylic acids is 1. The number of likely N-dealkylation sites (tertiary alicyclic amines) is 1. The zero-order chi connectivity index (χ0) is 29.4. The molecule has 1 amide bonds. The van der Waals surface area contributed by atoms with Gasteiger partial charge in [-0.15, -0.1) is 0 Å². The normalized spacial score (nSPS) is 15.8. The quantitative estimate of drug-likeness (QED) is 0.342. The number of alkyl halides is 6. The smallest absolute Gasteiger partial charge is 0.422 e. The summed E-state index contributed by atoms with van der Waals surface area (Å²) in [5, 5.41) is 3.55. The van der Waals surface area contributed by atoms with Crippen LogP contribution in [0.4, 0.5) is 32.2 Å². The summed E-state index contributed by atoms with van der Waals surface area (Å²) in [6.07, 6.45) is -8.12. The molecule has 1 aliphatic rings. The Labute approximate surface area is 227 Å². The van der Waals surface area contributed by atoms with Gasteiger partial charge in [0, 0.05) is 25.6 Å². The average Bonchev–Trinajstić information content (AvgIpc) is 2.86. The maximum atomic E-state index is 13.5. The molecule has 7 nitrogen and oxygen atoms in total. The number of benzene rings is 1. The van der Waals surface area contributed by atoms with Crippen molar-refractivity contribution in [3.63, 3.8) is 0 Å². The molecule has 40 heavy (non-hydrogen) atoms. The molecular formula is C27H29F6N5O2. The fraction of sp³-hybridized carbons (Fsp3) is 0.481. The number of pyridine rings is 1. The number of hydrogen-bond donors (Lipinski definition) is 1. The van der Waals surface area contributed by atoms with E-state index in [2.05, 4.69) is 20.3 Å². The van der Waals surface area contributed by atoms with Crippen molar-refractivity contribution < 1.29 is 35.9 Å². The van der Waals surface area contributed by atoms with Gasteiger partial charge in [0.1, 0.15) is 11.6 Å². The maximum Gasteiger partial charge on any atom is 0.422 e. The fourth-order valence-electron chi connectivity index (χ4n) is 5.05. The first-order valence-electron chi connectivity index (χ1n) is 12.7. The van der Waals surface area contributed by atoms with E-state index in [-0.39, 0.29) is 40.6 Å². The third kappa shape index (κ3) is 6.56. The van der Waals surface area contributed by atoms with Crippen molar-refractivity contribution >= 4 is 22.8 Å². The molecule has 1 aliphatic heterocycles. The standard InChI is InChI=1S/C27H29F6N5O2/c1-14-19(6-5-7-22(14)27(31,32)33)15(2)34-23-21-12-20(18-8-10-38(11-9-18)17(4)39)25(40-13-26(28,29)30)37-24(21)36-16(3)35-23/h5-7,12,15,18H,8-11,13H2,1-4H3,(H,34,35,36,37)/t15-/m1/s1. The van der Waals surface area contributed by atoms with Crippen LogP contribution in [0.5, 0.6) is 5.88 Å². The van der Waals surface area contributed by atoms with Gasteiger partial charge in [-0.1, -0.05) is 12.1 Å². The number of anilines is 1. The molecule has 0 unspecified atom stereocenters. The molecule has 0 spiro atoms. The monoisotopic (exact) mass is 569 g/mol. The zero-order valence-electron chi connectivity index (χ0n) is 22.4. The molecule has 1 saturated heterocycles. The van der Waals surface area contributed by atoms with Crippen LogP contribution in [0.1, 0.15) is 66.7 Å². The Kier molecular flexibility index (Phi) is 8.13. The second-order valence-electron chi connectivity index (χ2n) is 9.94. The van der Waals surface area contributed by atoms with E-state index in [1.807, 2.05) is 0 Å². The van der Waals surface area contributed by atoms with Crippen LogP contribution in [-0.4, -0.2) is 51.6 Å². The highest BCUT2D eigenvalue weighted by molar-refractivity contribution is 5.88. The molecule has 0 aliphatic carbocycles. The molecule has 3 aromatic rings. The minimum absolute atomic E-state index is 0.0731. The molecule has 1 atom stereocenters. The highest BCUT2D eigenvalue weighted by atomic mass is 19.4. The molecule has 216 valence electrons. The third-order valence-corrected chi connectivity index (χ3v) is 7.05. The van der Waals surface area contributed by atoms with Crippen molar-refractivity contribution in [2.45, 2.75) is 64.8 Å². The summed E-state index contributed by atoms with van der Waals surface area (Å²) in [6, 6.07) is 4.97. The van der Waals surface area contributed by atoms with Crippen LogP contribution >= 0.6 is 0 Å². The Bertz CT molecular complexity index is 1400. The molecule has 0 saturated carbocycles. The lowest BCUT2D eigenvalue weighted by Crippen LogP contribution is -2.36. The number of rotatable bonds is 6. The highest BCUT2D eigenvalue weighted by Gasteiger charge is 2.34. The Balaban J connectivity index is 1.75. The van der Waals surface area contributed by atoms with Crippen LogP contribution in [0.25, 0.3) is 11.0 Å². The first-order valence-corrected chi connectivity index (χ1v) is 12.7.